The van der Waals surface area contributed by atoms with Gasteiger partial charge in [-0.25, -0.2) is 16.8 Å². The first kappa shape index (κ1) is 24.5. The quantitative estimate of drug-likeness (QED) is 0.582. The van der Waals surface area contributed by atoms with Crippen LogP contribution in [0.4, 0.5) is 18.9 Å². The first-order valence-electron chi connectivity index (χ1n) is 10.5. The second-order valence-corrected chi connectivity index (χ2v) is 13.0. The van der Waals surface area contributed by atoms with Crippen molar-refractivity contribution >= 4 is 31.5 Å². The Morgan fingerprint density at radius 2 is 1.53 bits per heavy atom. The number of rotatable bonds is 7. The van der Waals surface area contributed by atoms with Crippen molar-refractivity contribution in [2.45, 2.75) is 54.6 Å². The summed E-state index contributed by atoms with van der Waals surface area (Å²) in [6.45, 7) is 3.17. The van der Waals surface area contributed by atoms with Crippen LogP contribution < -0.4 is 10.0 Å². The zero-order valence-corrected chi connectivity index (χ0v) is 20.0. The van der Waals surface area contributed by atoms with Gasteiger partial charge in [-0.15, -0.1) is 0 Å². The lowest BCUT2D eigenvalue weighted by Gasteiger charge is -2.70. The zero-order valence-electron chi connectivity index (χ0n) is 18.4. The zero-order chi connectivity index (χ0) is 25.2. The monoisotopic (exact) mass is 516 g/mol. The van der Waals surface area contributed by atoms with Crippen LogP contribution in [-0.2, 0) is 19.9 Å². The van der Waals surface area contributed by atoms with Crippen LogP contribution in [-0.4, -0.2) is 40.2 Å². The van der Waals surface area contributed by atoms with Crippen molar-refractivity contribution in [1.82, 2.24) is 5.32 Å². The second kappa shape index (κ2) is 7.70. The van der Waals surface area contributed by atoms with Gasteiger partial charge in [0.2, 0.25) is 0 Å². The van der Waals surface area contributed by atoms with Crippen LogP contribution >= 0.6 is 0 Å². The highest BCUT2D eigenvalue weighted by Gasteiger charge is 2.79. The summed E-state index contributed by atoms with van der Waals surface area (Å²) in [5.74, 6) is -0.803. The molecule has 5 rings (SSSR count). The highest BCUT2D eigenvalue weighted by Crippen LogP contribution is 2.73. The molecule has 184 valence electrons. The molecule has 0 aliphatic heterocycles. The molecule has 0 spiro atoms. The number of halogens is 3. The molecule has 0 aromatic heterocycles. The van der Waals surface area contributed by atoms with E-state index in [0.29, 0.717) is 5.56 Å². The molecule has 3 fully saturated rings. The van der Waals surface area contributed by atoms with E-state index in [1.165, 1.54) is 31.2 Å². The van der Waals surface area contributed by atoms with Gasteiger partial charge in [-0.1, -0.05) is 13.0 Å². The van der Waals surface area contributed by atoms with E-state index in [9.17, 15) is 34.8 Å². The Balaban J connectivity index is 1.54. The minimum absolute atomic E-state index is 0.0141. The predicted octanol–water partition coefficient (Wildman–Crippen LogP) is 3.80. The number of sulfonamides is 1. The topological polar surface area (TPSA) is 109 Å². The molecule has 1 amide bonds. The molecule has 0 heterocycles. The van der Waals surface area contributed by atoms with E-state index in [0.717, 1.165) is 12.1 Å². The first-order chi connectivity index (χ1) is 15.6. The average Bonchev–Trinajstić information content (AvgIpc) is 2.68. The van der Waals surface area contributed by atoms with E-state index in [-0.39, 0.29) is 46.1 Å². The van der Waals surface area contributed by atoms with E-state index in [4.69, 9.17) is 0 Å². The van der Waals surface area contributed by atoms with Crippen LogP contribution in [0.1, 0.15) is 42.1 Å². The van der Waals surface area contributed by atoms with Crippen LogP contribution in [0.2, 0.25) is 0 Å². The summed E-state index contributed by atoms with van der Waals surface area (Å²) in [6, 6.07) is 9.13. The van der Waals surface area contributed by atoms with Gasteiger partial charge in [0, 0.05) is 5.54 Å². The van der Waals surface area contributed by atoms with Crippen molar-refractivity contribution in [3.05, 3.63) is 53.6 Å². The number of anilines is 1. The number of carbonyl (C=O) groups excluding carboxylic acids is 1. The molecular formula is C22H23F3N2O5S2. The number of nitrogens with one attached hydrogen (secondary N) is 2. The predicted molar refractivity (Wildman–Crippen MR) is 119 cm³/mol. The first-order valence-corrected chi connectivity index (χ1v) is 13.6. The van der Waals surface area contributed by atoms with Gasteiger partial charge in [-0.2, -0.15) is 13.2 Å². The summed E-state index contributed by atoms with van der Waals surface area (Å²) in [5.41, 5.74) is -2.05. The van der Waals surface area contributed by atoms with Crippen molar-refractivity contribution in [3.8, 4) is 0 Å². The smallest absolute Gasteiger partial charge is 0.346 e. The highest BCUT2D eigenvalue weighted by atomic mass is 32.2. The Morgan fingerprint density at radius 1 is 0.971 bits per heavy atom. The molecule has 0 unspecified atom stereocenters. The molecular weight excluding hydrogens is 493 g/mol. The summed E-state index contributed by atoms with van der Waals surface area (Å²) in [7, 11) is -7.69. The number of aryl methyl sites for hydroxylation is 1. The number of hydrogen-bond donors (Lipinski definition) is 2. The van der Waals surface area contributed by atoms with Crippen LogP contribution in [0.25, 0.3) is 0 Å². The molecule has 34 heavy (non-hydrogen) atoms. The van der Waals surface area contributed by atoms with Crippen LogP contribution in [0, 0.1) is 12.3 Å². The number of sulfone groups is 1. The molecule has 2 N–H and O–H groups in total. The van der Waals surface area contributed by atoms with Gasteiger partial charge in [0.05, 0.1) is 32.2 Å². The van der Waals surface area contributed by atoms with E-state index < -0.39 is 42.9 Å². The fourth-order valence-corrected chi connectivity index (χ4v) is 6.62. The molecule has 3 aliphatic rings. The number of benzene rings is 2. The number of hydrogen-bond acceptors (Lipinski definition) is 5. The average molecular weight is 517 g/mol. The minimum Gasteiger partial charge on any atom is -0.346 e. The Bertz CT molecular complexity index is 1350. The molecule has 3 aliphatic carbocycles. The maximum Gasteiger partial charge on any atom is 0.394 e. The third-order valence-corrected chi connectivity index (χ3v) is 9.68. The van der Waals surface area contributed by atoms with Gasteiger partial charge in [-0.3, -0.25) is 9.52 Å². The van der Waals surface area contributed by atoms with Gasteiger partial charge in [-0.05, 0) is 68.1 Å². The summed E-state index contributed by atoms with van der Waals surface area (Å²) >= 11 is 0. The molecule has 0 atom stereocenters. The standard InChI is InChI=1S/C22H23F3N2O5S2/c1-3-33(29,30)15-5-7-16(8-6-15)34(31,32)27-18-10-14(2)4-9-17(18)19(28)26-21-11-20(12-21,13-21)22(23,24)25/h4-10,27H,3,11-13H2,1-2H3,(H,26,28). The van der Waals surface area contributed by atoms with Gasteiger partial charge in [0.15, 0.2) is 9.84 Å². The molecule has 2 aromatic carbocycles. The van der Waals surface area contributed by atoms with E-state index in [1.807, 2.05) is 0 Å². The normalized spacial score (nSPS) is 24.0. The summed E-state index contributed by atoms with van der Waals surface area (Å²) in [6.07, 6.45) is -4.87. The van der Waals surface area contributed by atoms with Crippen molar-refractivity contribution in [2.75, 3.05) is 10.5 Å². The fourth-order valence-electron chi connectivity index (χ4n) is 4.67. The van der Waals surface area contributed by atoms with Crippen molar-refractivity contribution in [1.29, 1.82) is 0 Å². The number of amides is 1. The molecule has 2 aromatic rings. The molecule has 3 saturated carbocycles. The highest BCUT2D eigenvalue weighted by molar-refractivity contribution is 7.92. The lowest BCUT2D eigenvalue weighted by atomic mass is 9.39. The minimum atomic E-state index is -4.31. The van der Waals surface area contributed by atoms with E-state index >= 15 is 0 Å². The van der Waals surface area contributed by atoms with Gasteiger partial charge in [0.1, 0.15) is 0 Å². The SMILES string of the molecule is CCS(=O)(=O)c1ccc(S(=O)(=O)Nc2cc(C)ccc2C(=O)NC23CC(C(F)(F)F)(C2)C3)cc1. The van der Waals surface area contributed by atoms with E-state index in [1.54, 1.807) is 13.0 Å². The summed E-state index contributed by atoms with van der Waals surface area (Å²) < 4.78 is 91.4. The van der Waals surface area contributed by atoms with Crippen molar-refractivity contribution in [3.63, 3.8) is 0 Å². The lowest BCUT2D eigenvalue weighted by Crippen LogP contribution is -2.78. The van der Waals surface area contributed by atoms with Crippen molar-refractivity contribution < 1.29 is 34.8 Å². The van der Waals surface area contributed by atoms with Crippen LogP contribution in [0.15, 0.2) is 52.3 Å². The van der Waals surface area contributed by atoms with Crippen LogP contribution in [0.5, 0.6) is 0 Å². The molecule has 0 saturated heterocycles. The maximum atomic E-state index is 13.1. The van der Waals surface area contributed by atoms with Gasteiger partial charge < -0.3 is 5.32 Å². The molecule has 0 radical (unpaired) electrons. The largest absolute Gasteiger partial charge is 0.394 e. The number of carbonyl (C=O) groups is 1. The van der Waals surface area contributed by atoms with Crippen molar-refractivity contribution in [2.24, 2.45) is 5.41 Å². The Kier molecular flexibility index (Phi) is 5.56. The van der Waals surface area contributed by atoms with Gasteiger partial charge >= 0.3 is 6.18 Å². The second-order valence-electron chi connectivity index (χ2n) is 9.07. The number of alkyl halides is 3. The Labute approximate surface area is 195 Å². The lowest BCUT2D eigenvalue weighted by molar-refractivity contribution is -0.336. The third kappa shape index (κ3) is 4.06. The van der Waals surface area contributed by atoms with Gasteiger partial charge in [0.25, 0.3) is 15.9 Å². The summed E-state index contributed by atoms with van der Waals surface area (Å²) in [5, 5.41) is 2.65. The maximum absolute atomic E-state index is 13.1. The van der Waals surface area contributed by atoms with Crippen LogP contribution in [0.3, 0.4) is 0 Å². The molecule has 2 bridgehead atoms. The third-order valence-electron chi connectivity index (χ3n) is 6.55. The fraction of sp³-hybridized carbons (Fsp3) is 0.409. The Morgan fingerprint density at radius 3 is 2.06 bits per heavy atom. The summed E-state index contributed by atoms with van der Waals surface area (Å²) in [4.78, 5) is 12.7. The molecule has 12 heteroatoms. The molecule has 7 nitrogen and oxygen atoms in total. The Hall–Kier alpha value is -2.60. The van der Waals surface area contributed by atoms with E-state index in [2.05, 4.69) is 10.0 Å².